The number of methoxy groups -OCH3 is 1. The molecule has 2 amide bonds. The zero-order chi connectivity index (χ0) is 17.7. The molecule has 0 radical (unpaired) electrons. The summed E-state index contributed by atoms with van der Waals surface area (Å²) in [6.07, 6.45) is 0.309. The minimum absolute atomic E-state index is 0.309. The zero-order valence-corrected chi connectivity index (χ0v) is 14.1. The average Bonchev–Trinajstić information content (AvgIpc) is 2.53. The van der Waals surface area contributed by atoms with E-state index in [9.17, 15) is 9.59 Å². The highest BCUT2D eigenvalue weighted by Crippen LogP contribution is 2.15. The number of carbonyl (C=O) groups is 2. The first-order chi connectivity index (χ1) is 11.4. The molecule has 0 unspecified atom stereocenters. The van der Waals surface area contributed by atoms with Gasteiger partial charge in [-0.15, -0.1) is 0 Å². The van der Waals surface area contributed by atoms with Crippen LogP contribution in [-0.2, 0) is 11.2 Å². The van der Waals surface area contributed by atoms with Crippen molar-refractivity contribution in [3.05, 3.63) is 64.7 Å². The molecule has 0 spiro atoms. The van der Waals surface area contributed by atoms with Crippen LogP contribution >= 0.6 is 0 Å². The van der Waals surface area contributed by atoms with Gasteiger partial charge in [-0.05, 0) is 43.7 Å². The van der Waals surface area contributed by atoms with Crippen LogP contribution in [0.15, 0.2) is 42.5 Å². The molecular weight excluding hydrogens is 304 g/mol. The average molecular weight is 326 g/mol. The highest BCUT2D eigenvalue weighted by Gasteiger charge is 2.20. The Morgan fingerprint density at radius 3 is 2.38 bits per heavy atom. The summed E-state index contributed by atoms with van der Waals surface area (Å²) in [4.78, 5) is 24.2. The van der Waals surface area contributed by atoms with Crippen LogP contribution in [0.5, 0.6) is 5.75 Å². The predicted octanol–water partition coefficient (Wildman–Crippen LogP) is 2.14. The van der Waals surface area contributed by atoms with Crippen molar-refractivity contribution in [2.75, 3.05) is 7.11 Å². The normalized spacial score (nSPS) is 11.6. The van der Waals surface area contributed by atoms with Gasteiger partial charge in [0.05, 0.1) is 7.11 Å². The summed E-state index contributed by atoms with van der Waals surface area (Å²) in [6.45, 7) is 3.84. The van der Waals surface area contributed by atoms with Gasteiger partial charge in [0, 0.05) is 12.0 Å². The van der Waals surface area contributed by atoms with E-state index in [2.05, 4.69) is 5.32 Å². The molecule has 2 aromatic carbocycles. The Kier molecular flexibility index (Phi) is 5.58. The Morgan fingerprint density at radius 2 is 1.79 bits per heavy atom. The minimum Gasteiger partial charge on any atom is -0.497 e. The summed E-state index contributed by atoms with van der Waals surface area (Å²) < 4.78 is 5.17. The fourth-order valence-corrected chi connectivity index (χ4v) is 2.61. The minimum atomic E-state index is -0.787. The number of hydrogen-bond acceptors (Lipinski definition) is 3. The van der Waals surface area contributed by atoms with Gasteiger partial charge in [-0.25, -0.2) is 0 Å². The molecule has 0 heterocycles. The Balaban J connectivity index is 2.15. The molecular formula is C19H22N2O3. The van der Waals surface area contributed by atoms with E-state index in [4.69, 9.17) is 10.5 Å². The standard InChI is InChI=1S/C19H22N2O3/c1-12-7-13(2)9-15(8-12)19(23)21-17(18(20)22)11-14-5-4-6-16(10-14)24-3/h4-10,17H,11H2,1-3H3,(H2,20,22)(H,21,23)/t17-/m1/s1. The second-order valence-electron chi connectivity index (χ2n) is 5.86. The van der Waals surface area contributed by atoms with Gasteiger partial charge in [0.1, 0.15) is 11.8 Å². The zero-order valence-electron chi connectivity index (χ0n) is 14.1. The Morgan fingerprint density at radius 1 is 1.12 bits per heavy atom. The molecule has 5 nitrogen and oxygen atoms in total. The van der Waals surface area contributed by atoms with Crippen LogP contribution in [-0.4, -0.2) is 25.0 Å². The van der Waals surface area contributed by atoms with Crippen molar-refractivity contribution in [1.82, 2.24) is 5.32 Å². The van der Waals surface area contributed by atoms with Crippen molar-refractivity contribution in [3.8, 4) is 5.75 Å². The van der Waals surface area contributed by atoms with Gasteiger partial charge in [-0.3, -0.25) is 9.59 Å². The molecule has 0 saturated carbocycles. The SMILES string of the molecule is COc1cccc(C[C@@H](NC(=O)c2cc(C)cc(C)c2)C(N)=O)c1. The molecule has 3 N–H and O–H groups in total. The van der Waals surface area contributed by atoms with E-state index in [0.717, 1.165) is 16.7 Å². The van der Waals surface area contributed by atoms with E-state index < -0.39 is 11.9 Å². The lowest BCUT2D eigenvalue weighted by Gasteiger charge is -2.16. The van der Waals surface area contributed by atoms with Gasteiger partial charge in [0.25, 0.3) is 5.91 Å². The van der Waals surface area contributed by atoms with E-state index in [1.54, 1.807) is 19.2 Å². The molecule has 0 aliphatic rings. The molecule has 0 bridgehead atoms. The van der Waals surface area contributed by atoms with Crippen molar-refractivity contribution < 1.29 is 14.3 Å². The molecule has 24 heavy (non-hydrogen) atoms. The number of carbonyl (C=O) groups excluding carboxylic acids is 2. The van der Waals surface area contributed by atoms with Crippen LogP contribution in [0.4, 0.5) is 0 Å². The number of nitrogens with two attached hydrogens (primary N) is 1. The monoisotopic (exact) mass is 326 g/mol. The summed E-state index contributed by atoms with van der Waals surface area (Å²) in [5, 5.41) is 2.72. The Bertz CT molecular complexity index is 736. The number of benzene rings is 2. The topological polar surface area (TPSA) is 81.4 Å². The number of amides is 2. The fourth-order valence-electron chi connectivity index (χ4n) is 2.61. The second-order valence-corrected chi connectivity index (χ2v) is 5.86. The Labute approximate surface area is 141 Å². The molecule has 0 aliphatic carbocycles. The van der Waals surface area contributed by atoms with Crippen LogP contribution in [0.2, 0.25) is 0 Å². The highest BCUT2D eigenvalue weighted by atomic mass is 16.5. The molecule has 0 fully saturated rings. The lowest BCUT2D eigenvalue weighted by atomic mass is 10.0. The van der Waals surface area contributed by atoms with Crippen LogP contribution < -0.4 is 15.8 Å². The maximum absolute atomic E-state index is 12.4. The third-order valence-corrected chi connectivity index (χ3v) is 3.71. The second kappa shape index (κ2) is 7.64. The van der Waals surface area contributed by atoms with Crippen molar-refractivity contribution in [2.45, 2.75) is 26.3 Å². The number of nitrogens with one attached hydrogen (secondary N) is 1. The number of primary amides is 1. The van der Waals surface area contributed by atoms with Crippen LogP contribution in [0.3, 0.4) is 0 Å². The molecule has 0 saturated heterocycles. The smallest absolute Gasteiger partial charge is 0.251 e. The van der Waals surface area contributed by atoms with Gasteiger partial charge >= 0.3 is 0 Å². The maximum Gasteiger partial charge on any atom is 0.251 e. The van der Waals surface area contributed by atoms with Crippen LogP contribution in [0, 0.1) is 13.8 Å². The third kappa shape index (κ3) is 4.59. The van der Waals surface area contributed by atoms with E-state index in [1.807, 2.05) is 44.2 Å². The molecule has 2 rings (SSSR count). The number of rotatable bonds is 6. The van der Waals surface area contributed by atoms with E-state index in [-0.39, 0.29) is 5.91 Å². The molecule has 2 aromatic rings. The fraction of sp³-hybridized carbons (Fsp3) is 0.263. The number of ether oxygens (including phenoxy) is 1. The third-order valence-electron chi connectivity index (χ3n) is 3.71. The summed E-state index contributed by atoms with van der Waals surface area (Å²) in [5.74, 6) is -0.194. The largest absolute Gasteiger partial charge is 0.497 e. The lowest BCUT2D eigenvalue weighted by molar-refractivity contribution is -0.119. The first-order valence-corrected chi connectivity index (χ1v) is 7.70. The lowest BCUT2D eigenvalue weighted by Crippen LogP contribution is -2.45. The molecule has 0 aliphatic heterocycles. The van der Waals surface area contributed by atoms with Crippen molar-refractivity contribution in [2.24, 2.45) is 5.73 Å². The van der Waals surface area contributed by atoms with Gasteiger partial charge in [0.2, 0.25) is 5.91 Å². The van der Waals surface area contributed by atoms with Gasteiger partial charge in [0.15, 0.2) is 0 Å². The highest BCUT2D eigenvalue weighted by molar-refractivity contribution is 5.97. The Hall–Kier alpha value is -2.82. The van der Waals surface area contributed by atoms with Crippen molar-refractivity contribution in [3.63, 3.8) is 0 Å². The number of hydrogen-bond donors (Lipinski definition) is 2. The molecule has 126 valence electrons. The number of aryl methyl sites for hydroxylation is 2. The summed E-state index contributed by atoms with van der Waals surface area (Å²) in [5.41, 5.74) is 8.81. The van der Waals surface area contributed by atoms with Crippen LogP contribution in [0.25, 0.3) is 0 Å². The van der Waals surface area contributed by atoms with E-state index in [1.165, 1.54) is 0 Å². The van der Waals surface area contributed by atoms with Crippen molar-refractivity contribution in [1.29, 1.82) is 0 Å². The van der Waals surface area contributed by atoms with Crippen LogP contribution in [0.1, 0.15) is 27.0 Å². The summed E-state index contributed by atoms with van der Waals surface area (Å²) in [6, 6.07) is 12.1. The summed E-state index contributed by atoms with van der Waals surface area (Å²) >= 11 is 0. The maximum atomic E-state index is 12.4. The molecule has 0 aromatic heterocycles. The van der Waals surface area contributed by atoms with Gasteiger partial charge in [-0.2, -0.15) is 0 Å². The quantitative estimate of drug-likeness (QED) is 0.853. The predicted molar refractivity (Wildman–Crippen MR) is 93.1 cm³/mol. The summed E-state index contributed by atoms with van der Waals surface area (Å²) in [7, 11) is 1.58. The first kappa shape index (κ1) is 17.5. The van der Waals surface area contributed by atoms with Crippen molar-refractivity contribution >= 4 is 11.8 Å². The van der Waals surface area contributed by atoms with E-state index >= 15 is 0 Å². The van der Waals surface area contributed by atoms with Gasteiger partial charge in [-0.1, -0.05) is 29.3 Å². The van der Waals surface area contributed by atoms with Gasteiger partial charge < -0.3 is 15.8 Å². The van der Waals surface area contributed by atoms with E-state index in [0.29, 0.717) is 17.7 Å². The molecule has 5 heteroatoms. The molecule has 1 atom stereocenters. The first-order valence-electron chi connectivity index (χ1n) is 7.70.